The predicted octanol–water partition coefficient (Wildman–Crippen LogP) is 11.9. The van der Waals surface area contributed by atoms with Crippen LogP contribution in [0.4, 0.5) is 0 Å². The summed E-state index contributed by atoms with van der Waals surface area (Å²) in [7, 11) is 0. The molecular weight excluding hydrogens is 460 g/mol. The molecule has 2 heteroatoms. The summed E-state index contributed by atoms with van der Waals surface area (Å²) < 4.78 is 5.17. The van der Waals surface area contributed by atoms with Gasteiger partial charge in [-0.25, -0.2) is 9.13 Å². The van der Waals surface area contributed by atoms with Crippen LogP contribution in [0.15, 0.2) is 12.4 Å². The van der Waals surface area contributed by atoms with Crippen molar-refractivity contribution < 1.29 is 4.57 Å². The molecule has 1 rings (SSSR count). The first-order valence-corrected chi connectivity index (χ1v) is 17.9. The van der Waals surface area contributed by atoms with Crippen LogP contribution in [0.3, 0.4) is 0 Å². The van der Waals surface area contributed by atoms with E-state index in [0.717, 1.165) is 0 Å². The van der Waals surface area contributed by atoms with Crippen molar-refractivity contribution in [2.75, 3.05) is 0 Å². The number of rotatable bonds is 30. The van der Waals surface area contributed by atoms with Crippen LogP contribution in [0.2, 0.25) is 0 Å². The van der Waals surface area contributed by atoms with Crippen molar-refractivity contribution in [1.29, 1.82) is 0 Å². The molecule has 1 aromatic rings. The minimum absolute atomic E-state index is 1.22. The summed E-state index contributed by atoms with van der Waals surface area (Å²) in [5.74, 6) is 1.59. The molecule has 0 radical (unpaired) electrons. The number of unbranched alkanes of at least 4 members (excludes halogenated alkanes) is 24. The summed E-state index contributed by atoms with van der Waals surface area (Å²) in [6.45, 7) is 9.39. The van der Waals surface area contributed by atoms with Crippen molar-refractivity contribution in [1.82, 2.24) is 4.57 Å². The van der Waals surface area contributed by atoms with Crippen LogP contribution in [0, 0.1) is 0 Å². The molecule has 0 fully saturated rings. The van der Waals surface area contributed by atoms with Gasteiger partial charge in [0, 0.05) is 6.42 Å². The van der Waals surface area contributed by atoms with E-state index in [4.69, 9.17) is 0 Å². The molecule has 2 nitrogen and oxygen atoms in total. The Bertz CT molecular complexity index is 590. The quantitative estimate of drug-likeness (QED) is 0.0689. The van der Waals surface area contributed by atoms with Gasteiger partial charge in [0.15, 0.2) is 0 Å². The molecule has 0 saturated heterocycles. The van der Waals surface area contributed by atoms with Crippen LogP contribution in [0.5, 0.6) is 0 Å². The van der Waals surface area contributed by atoms with Crippen molar-refractivity contribution in [2.24, 2.45) is 0 Å². The number of hydrogen-bond donors (Lipinski definition) is 0. The van der Waals surface area contributed by atoms with Crippen LogP contribution in [0.1, 0.15) is 200 Å². The highest BCUT2D eigenvalue weighted by Gasteiger charge is 2.16. The van der Waals surface area contributed by atoms with Gasteiger partial charge in [-0.2, -0.15) is 0 Å². The van der Waals surface area contributed by atoms with Gasteiger partial charge in [0.2, 0.25) is 0 Å². The van der Waals surface area contributed by atoms with E-state index in [-0.39, 0.29) is 0 Å². The Kier molecular flexibility index (Phi) is 25.7. The molecule has 0 bridgehead atoms. The van der Waals surface area contributed by atoms with E-state index >= 15 is 0 Å². The van der Waals surface area contributed by atoms with E-state index in [1.807, 2.05) is 0 Å². The molecule has 0 unspecified atom stereocenters. The second kappa shape index (κ2) is 27.8. The minimum Gasteiger partial charge on any atom is -0.234 e. The van der Waals surface area contributed by atoms with Gasteiger partial charge in [0.1, 0.15) is 12.4 Å². The monoisotopic (exact) mass is 532 g/mol. The number of hydrogen-bond acceptors (Lipinski definition) is 0. The molecule has 0 aliphatic carbocycles. The van der Waals surface area contributed by atoms with E-state index in [1.54, 1.807) is 5.82 Å². The fraction of sp³-hybridized carbons (Fsp3) is 0.917. The van der Waals surface area contributed by atoms with Gasteiger partial charge in [-0.05, 0) is 32.1 Å². The van der Waals surface area contributed by atoms with Gasteiger partial charge in [-0.1, -0.05) is 162 Å². The summed E-state index contributed by atoms with van der Waals surface area (Å²) in [5, 5.41) is 0. The molecule has 0 atom stereocenters. The average molecular weight is 532 g/mol. The zero-order valence-corrected chi connectivity index (χ0v) is 26.8. The van der Waals surface area contributed by atoms with E-state index in [0.29, 0.717) is 0 Å². The highest BCUT2D eigenvalue weighted by molar-refractivity contribution is 4.84. The van der Waals surface area contributed by atoms with E-state index in [2.05, 4.69) is 42.3 Å². The van der Waals surface area contributed by atoms with Gasteiger partial charge in [-0.15, -0.1) is 0 Å². The Labute approximate surface area is 240 Å². The van der Waals surface area contributed by atoms with Crippen molar-refractivity contribution in [2.45, 2.75) is 214 Å². The molecule has 0 aliphatic heterocycles. The van der Waals surface area contributed by atoms with Crippen LogP contribution < -0.4 is 4.57 Å². The zero-order valence-electron chi connectivity index (χ0n) is 26.8. The topological polar surface area (TPSA) is 8.81 Å². The summed E-state index contributed by atoms with van der Waals surface area (Å²) in [4.78, 5) is 0. The Morgan fingerprint density at radius 3 is 1.24 bits per heavy atom. The highest BCUT2D eigenvalue weighted by atomic mass is 15.1. The van der Waals surface area contributed by atoms with E-state index in [1.165, 1.54) is 193 Å². The Hall–Kier alpha value is -0.790. The number of aryl methyl sites for hydroxylation is 2. The third kappa shape index (κ3) is 20.2. The van der Waals surface area contributed by atoms with Gasteiger partial charge >= 0.3 is 0 Å². The van der Waals surface area contributed by atoms with Crippen molar-refractivity contribution in [3.8, 4) is 0 Å². The lowest BCUT2D eigenvalue weighted by Crippen LogP contribution is -2.37. The van der Waals surface area contributed by atoms with Crippen LogP contribution in [0.25, 0.3) is 0 Å². The molecule has 0 aromatic carbocycles. The third-order valence-electron chi connectivity index (χ3n) is 8.60. The van der Waals surface area contributed by atoms with Gasteiger partial charge in [0.05, 0.1) is 13.1 Å². The van der Waals surface area contributed by atoms with E-state index < -0.39 is 0 Å². The normalized spacial score (nSPS) is 11.6. The summed E-state index contributed by atoms with van der Waals surface area (Å²) in [6, 6.07) is 0. The van der Waals surface area contributed by atoms with Crippen molar-refractivity contribution in [3.05, 3.63) is 18.2 Å². The maximum Gasteiger partial charge on any atom is 0.256 e. The smallest absolute Gasteiger partial charge is 0.234 e. The third-order valence-corrected chi connectivity index (χ3v) is 8.60. The van der Waals surface area contributed by atoms with Crippen molar-refractivity contribution >= 4 is 0 Å². The second-order valence-corrected chi connectivity index (χ2v) is 12.3. The molecule has 224 valence electrons. The average Bonchev–Trinajstić information content (AvgIpc) is 3.31. The highest BCUT2D eigenvalue weighted by Crippen LogP contribution is 2.15. The molecule has 1 aromatic heterocycles. The Morgan fingerprint density at radius 2 is 0.816 bits per heavy atom. The van der Waals surface area contributed by atoms with Crippen LogP contribution in [-0.4, -0.2) is 4.57 Å². The van der Waals surface area contributed by atoms with Gasteiger partial charge < -0.3 is 0 Å². The molecule has 0 N–H and O–H groups in total. The molecule has 38 heavy (non-hydrogen) atoms. The lowest BCUT2D eigenvalue weighted by Gasteiger charge is -2.06. The molecule has 0 amide bonds. The lowest BCUT2D eigenvalue weighted by atomic mass is 10.0. The Balaban J connectivity index is 2.04. The maximum atomic E-state index is 2.59. The maximum absolute atomic E-state index is 2.59. The minimum atomic E-state index is 1.22. The first-order chi connectivity index (χ1) is 18.8. The van der Waals surface area contributed by atoms with Crippen LogP contribution in [-0.2, 0) is 19.5 Å². The largest absolute Gasteiger partial charge is 0.256 e. The summed E-state index contributed by atoms with van der Waals surface area (Å²) in [6.07, 6.45) is 44.5. The first-order valence-electron chi connectivity index (χ1n) is 17.9. The van der Waals surface area contributed by atoms with Crippen molar-refractivity contribution in [3.63, 3.8) is 0 Å². The summed E-state index contributed by atoms with van der Waals surface area (Å²) in [5.41, 5.74) is 0. The number of aromatic nitrogens is 2. The molecule has 0 saturated carbocycles. The van der Waals surface area contributed by atoms with Crippen LogP contribution >= 0.6 is 0 Å². The molecule has 0 aliphatic rings. The molecule has 1 heterocycles. The predicted molar refractivity (Wildman–Crippen MR) is 170 cm³/mol. The lowest BCUT2D eigenvalue weighted by molar-refractivity contribution is -0.704. The van der Waals surface area contributed by atoms with Gasteiger partial charge in [-0.3, -0.25) is 0 Å². The first kappa shape index (κ1) is 35.2. The Morgan fingerprint density at radius 1 is 0.447 bits per heavy atom. The molecular formula is C36H71N2+. The van der Waals surface area contributed by atoms with Gasteiger partial charge in [0.25, 0.3) is 5.82 Å². The SMILES string of the molecule is CCCCCCCCCCCCCCCCCCC[n+]1ccn(CCCCCCCCCC)c1CCCC. The zero-order chi connectivity index (χ0) is 27.4. The second-order valence-electron chi connectivity index (χ2n) is 12.3. The number of nitrogens with zero attached hydrogens (tertiary/aromatic N) is 2. The molecule has 0 spiro atoms. The fourth-order valence-corrected chi connectivity index (χ4v) is 5.95. The standard InChI is InChI=1S/C36H71N2/c1-4-7-10-12-14-16-17-18-19-20-21-22-23-24-26-28-30-33-38-35-34-37(36(38)31-9-6-3)32-29-27-25-15-13-11-8-5-2/h34-35H,4-33H2,1-3H3/q+1. The van der Waals surface area contributed by atoms with E-state index in [9.17, 15) is 0 Å². The number of imidazole rings is 1. The fourth-order valence-electron chi connectivity index (χ4n) is 5.95. The summed E-state index contributed by atoms with van der Waals surface area (Å²) >= 11 is 0.